The molecule has 0 saturated carbocycles. The van der Waals surface area contributed by atoms with E-state index in [1.807, 2.05) is 24.3 Å². The zero-order chi connectivity index (χ0) is 14.0. The molecule has 0 bridgehead atoms. The molecule has 0 spiro atoms. The van der Waals surface area contributed by atoms with Gasteiger partial charge in [0, 0.05) is 14.0 Å². The Morgan fingerprint density at radius 3 is 1.90 bits per heavy atom. The molecular formula is C17H21BOP. The van der Waals surface area contributed by atoms with Crippen molar-refractivity contribution >= 4 is 21.6 Å². The third kappa shape index (κ3) is 3.43. The fourth-order valence-electron chi connectivity index (χ4n) is 2.06. The van der Waals surface area contributed by atoms with Gasteiger partial charge in [-0.2, -0.15) is 0 Å². The van der Waals surface area contributed by atoms with Crippen LogP contribution in [-0.2, 0) is 0 Å². The van der Waals surface area contributed by atoms with Crippen LogP contribution in [-0.4, -0.2) is 25.3 Å². The average molecular weight is 283 g/mol. The summed E-state index contributed by atoms with van der Waals surface area (Å²) in [5.74, 6) is 0.354. The molecule has 0 aliphatic heterocycles. The molecule has 0 heterocycles. The zero-order valence-electron chi connectivity index (χ0n) is 12.6. The van der Waals surface area contributed by atoms with Crippen LogP contribution in [0.2, 0.25) is 0 Å². The lowest BCUT2D eigenvalue weighted by molar-refractivity contribution is 0.477. The molecule has 1 nitrogen and oxygen atoms in total. The number of phenols is 1. The molecule has 2 rings (SSSR count). The van der Waals surface area contributed by atoms with Gasteiger partial charge in [-0.15, -0.1) is 0 Å². The minimum Gasteiger partial charge on any atom is -0.507 e. The van der Waals surface area contributed by atoms with Crippen molar-refractivity contribution in [2.75, 3.05) is 6.66 Å². The first kappa shape index (κ1) is 16.8. The number of aromatic hydroxyl groups is 1. The lowest BCUT2D eigenvalue weighted by Crippen LogP contribution is -2.19. The van der Waals surface area contributed by atoms with E-state index >= 15 is 0 Å². The molecule has 20 heavy (non-hydrogen) atoms. The van der Waals surface area contributed by atoms with Crippen molar-refractivity contribution in [1.29, 1.82) is 0 Å². The van der Waals surface area contributed by atoms with E-state index in [9.17, 15) is 5.11 Å². The molecule has 2 aromatic rings. The highest BCUT2D eigenvalue weighted by atomic mass is 31.1. The van der Waals surface area contributed by atoms with Gasteiger partial charge in [0.15, 0.2) is 0 Å². The molecule has 0 fully saturated rings. The quantitative estimate of drug-likeness (QED) is 0.646. The minimum absolute atomic E-state index is 0. The van der Waals surface area contributed by atoms with E-state index in [0.29, 0.717) is 5.75 Å². The van der Waals surface area contributed by atoms with Gasteiger partial charge in [0.25, 0.3) is 0 Å². The van der Waals surface area contributed by atoms with Gasteiger partial charge in [-0.05, 0) is 28.8 Å². The Labute approximate surface area is 125 Å². The maximum Gasteiger partial charge on any atom is 0.123 e. The van der Waals surface area contributed by atoms with E-state index in [4.69, 9.17) is 0 Å². The fourth-order valence-corrected chi connectivity index (χ4v) is 3.65. The number of rotatable bonds is 2. The Kier molecular flexibility index (Phi) is 5.42. The number of hydrogen-bond donors (Lipinski definition) is 1. The predicted molar refractivity (Wildman–Crippen MR) is 91.5 cm³/mol. The Hall–Kier alpha value is -1.27. The van der Waals surface area contributed by atoms with Crippen molar-refractivity contribution in [1.82, 2.24) is 0 Å². The van der Waals surface area contributed by atoms with Crippen molar-refractivity contribution in [3.63, 3.8) is 0 Å². The van der Waals surface area contributed by atoms with Gasteiger partial charge in [-0.1, -0.05) is 71.2 Å². The first-order chi connectivity index (χ1) is 8.91. The molecule has 3 heteroatoms. The molecule has 1 N–H and O–H groups in total. The molecular weight excluding hydrogens is 262 g/mol. The summed E-state index contributed by atoms with van der Waals surface area (Å²) in [4.78, 5) is 0. The molecule has 1 unspecified atom stereocenters. The van der Waals surface area contributed by atoms with E-state index in [-0.39, 0.29) is 21.5 Å². The first-order valence-corrected chi connectivity index (χ1v) is 8.31. The van der Waals surface area contributed by atoms with Crippen molar-refractivity contribution in [3.05, 3.63) is 48.5 Å². The first-order valence-electron chi connectivity index (χ1n) is 6.52. The molecule has 103 valence electrons. The standard InChI is InChI=1S/C17H21OP.B/c1-17(2,3)19(4)16-12-8-6-10-14(16)13-9-5-7-11-15(13)18;/h5-12,18H,1-4H3;. The summed E-state index contributed by atoms with van der Waals surface area (Å²) in [7, 11) is -0.285. The van der Waals surface area contributed by atoms with Crippen molar-refractivity contribution in [3.8, 4) is 16.9 Å². The summed E-state index contributed by atoms with van der Waals surface area (Å²) >= 11 is 0. The van der Waals surface area contributed by atoms with Crippen LogP contribution < -0.4 is 5.30 Å². The monoisotopic (exact) mass is 283 g/mol. The highest BCUT2D eigenvalue weighted by molar-refractivity contribution is 7.66. The number of benzene rings is 2. The van der Waals surface area contributed by atoms with E-state index in [0.717, 1.165) is 11.1 Å². The lowest BCUT2D eigenvalue weighted by Gasteiger charge is -2.30. The second-order valence-corrected chi connectivity index (χ2v) is 8.71. The highest BCUT2D eigenvalue weighted by Crippen LogP contribution is 2.47. The van der Waals surface area contributed by atoms with Gasteiger partial charge < -0.3 is 5.11 Å². The van der Waals surface area contributed by atoms with Gasteiger partial charge in [0.05, 0.1) is 0 Å². The second kappa shape index (κ2) is 6.46. The summed E-state index contributed by atoms with van der Waals surface area (Å²) < 4.78 is 0. The summed E-state index contributed by atoms with van der Waals surface area (Å²) in [6.45, 7) is 9.15. The minimum atomic E-state index is -0.285. The molecule has 3 radical (unpaired) electrons. The summed E-state index contributed by atoms with van der Waals surface area (Å²) in [6.07, 6.45) is 0. The van der Waals surface area contributed by atoms with Crippen LogP contribution in [0.3, 0.4) is 0 Å². The van der Waals surface area contributed by atoms with Crippen LogP contribution >= 0.6 is 7.92 Å². The van der Waals surface area contributed by atoms with Crippen LogP contribution in [0.5, 0.6) is 5.75 Å². The third-order valence-corrected chi connectivity index (χ3v) is 6.59. The SMILES string of the molecule is CP(c1ccccc1-c1ccccc1O)C(C)(C)C.[B]. The molecule has 0 aliphatic carbocycles. The van der Waals surface area contributed by atoms with Crippen LogP contribution in [0, 0.1) is 0 Å². The van der Waals surface area contributed by atoms with E-state index < -0.39 is 0 Å². The Morgan fingerprint density at radius 1 is 0.850 bits per heavy atom. The molecule has 0 saturated heterocycles. The highest BCUT2D eigenvalue weighted by Gasteiger charge is 2.24. The largest absolute Gasteiger partial charge is 0.507 e. The maximum atomic E-state index is 10.1. The number of hydrogen-bond acceptors (Lipinski definition) is 1. The summed E-state index contributed by atoms with van der Waals surface area (Å²) in [5.41, 5.74) is 2.08. The van der Waals surface area contributed by atoms with Crippen molar-refractivity contribution < 1.29 is 5.11 Å². The van der Waals surface area contributed by atoms with Crippen LogP contribution in [0.4, 0.5) is 0 Å². The van der Waals surface area contributed by atoms with Crippen molar-refractivity contribution in [2.45, 2.75) is 25.9 Å². The Morgan fingerprint density at radius 2 is 1.35 bits per heavy atom. The smallest absolute Gasteiger partial charge is 0.123 e. The lowest BCUT2D eigenvalue weighted by atomic mass is 10.0. The Balaban J connectivity index is 0.00000200. The van der Waals surface area contributed by atoms with E-state index in [2.05, 4.69) is 45.6 Å². The Bertz CT molecular complexity index is 575. The average Bonchev–Trinajstić information content (AvgIpc) is 2.37. The van der Waals surface area contributed by atoms with Gasteiger partial charge in [0.1, 0.15) is 5.75 Å². The summed E-state index contributed by atoms with van der Waals surface area (Å²) in [6, 6.07) is 16.0. The van der Waals surface area contributed by atoms with Crippen molar-refractivity contribution in [2.24, 2.45) is 0 Å². The van der Waals surface area contributed by atoms with E-state index in [1.54, 1.807) is 6.07 Å². The van der Waals surface area contributed by atoms with Gasteiger partial charge in [-0.25, -0.2) is 0 Å². The van der Waals surface area contributed by atoms with Gasteiger partial charge in [0.2, 0.25) is 0 Å². The topological polar surface area (TPSA) is 20.2 Å². The molecule has 1 atom stereocenters. The van der Waals surface area contributed by atoms with Crippen LogP contribution in [0.15, 0.2) is 48.5 Å². The molecule has 0 amide bonds. The van der Waals surface area contributed by atoms with Gasteiger partial charge >= 0.3 is 0 Å². The second-order valence-electron chi connectivity index (χ2n) is 5.76. The maximum absolute atomic E-state index is 10.1. The zero-order valence-corrected chi connectivity index (χ0v) is 13.5. The van der Waals surface area contributed by atoms with Crippen LogP contribution in [0.1, 0.15) is 20.8 Å². The number of phenolic OH excluding ortho intramolecular Hbond substituents is 1. The predicted octanol–water partition coefficient (Wildman–Crippen LogP) is 4.21. The normalized spacial score (nSPS) is 12.6. The molecule has 2 aromatic carbocycles. The molecule has 0 aliphatic rings. The van der Waals surface area contributed by atoms with E-state index in [1.165, 1.54) is 5.30 Å². The fraction of sp³-hybridized carbons (Fsp3) is 0.294. The van der Waals surface area contributed by atoms with Crippen LogP contribution in [0.25, 0.3) is 11.1 Å². The summed E-state index contributed by atoms with van der Waals surface area (Å²) in [5, 5.41) is 11.7. The number of para-hydroxylation sites is 1. The third-order valence-electron chi connectivity index (χ3n) is 3.47. The van der Waals surface area contributed by atoms with Gasteiger partial charge in [-0.3, -0.25) is 0 Å². The molecule has 0 aromatic heterocycles.